The number of aromatic hydroxyl groups is 1. The Kier molecular flexibility index (Phi) is 5.15. The van der Waals surface area contributed by atoms with Gasteiger partial charge in [-0.3, -0.25) is 4.79 Å². The number of phenolic OH excluding ortho intramolecular Hbond substituents is 1. The number of rotatable bonds is 4. The number of esters is 1. The minimum absolute atomic E-state index is 0.0583. The lowest BCUT2D eigenvalue weighted by atomic mass is 10.2. The molecule has 6 heteroatoms. The Bertz CT molecular complexity index is 655. The lowest BCUT2D eigenvalue weighted by Crippen LogP contribution is -2.20. The summed E-state index contributed by atoms with van der Waals surface area (Å²) >= 11 is 2.14. The smallest absolute Gasteiger partial charge is 0.338 e. The summed E-state index contributed by atoms with van der Waals surface area (Å²) in [6, 6.07) is 12.9. The molecule has 2 rings (SSSR count). The van der Waals surface area contributed by atoms with Crippen molar-refractivity contribution < 1.29 is 19.4 Å². The predicted octanol–water partition coefficient (Wildman–Crippen LogP) is 2.79. The Morgan fingerprint density at radius 1 is 1.14 bits per heavy atom. The van der Waals surface area contributed by atoms with E-state index in [1.807, 2.05) is 12.1 Å². The van der Waals surface area contributed by atoms with Crippen LogP contribution in [0.25, 0.3) is 0 Å². The third-order valence-electron chi connectivity index (χ3n) is 2.55. The van der Waals surface area contributed by atoms with Gasteiger partial charge in [-0.15, -0.1) is 0 Å². The van der Waals surface area contributed by atoms with Crippen LogP contribution < -0.4 is 5.32 Å². The lowest BCUT2D eigenvalue weighted by Gasteiger charge is -2.07. The lowest BCUT2D eigenvalue weighted by molar-refractivity contribution is -0.119. The van der Waals surface area contributed by atoms with E-state index < -0.39 is 11.9 Å². The molecule has 2 N–H and O–H groups in total. The van der Waals surface area contributed by atoms with E-state index in [4.69, 9.17) is 9.84 Å². The summed E-state index contributed by atoms with van der Waals surface area (Å²) in [6.45, 7) is -0.370. The van der Waals surface area contributed by atoms with E-state index in [-0.39, 0.29) is 17.9 Å². The summed E-state index contributed by atoms with van der Waals surface area (Å²) in [5.41, 5.74) is 0.919. The number of ether oxygens (including phenoxy) is 1. The largest absolute Gasteiger partial charge is 0.508 e. The monoisotopic (exact) mass is 397 g/mol. The number of amides is 1. The van der Waals surface area contributed by atoms with Crippen LogP contribution >= 0.6 is 22.6 Å². The van der Waals surface area contributed by atoms with Gasteiger partial charge in [0, 0.05) is 9.26 Å². The third-order valence-corrected chi connectivity index (χ3v) is 3.22. The summed E-state index contributed by atoms with van der Waals surface area (Å²) in [7, 11) is 0. The number of phenols is 1. The first-order valence-corrected chi connectivity index (χ1v) is 7.14. The maximum Gasteiger partial charge on any atom is 0.338 e. The zero-order valence-corrected chi connectivity index (χ0v) is 13.0. The van der Waals surface area contributed by atoms with Gasteiger partial charge in [-0.1, -0.05) is 6.07 Å². The molecule has 2 aromatic carbocycles. The van der Waals surface area contributed by atoms with Crippen molar-refractivity contribution in [2.75, 3.05) is 11.9 Å². The molecule has 0 unspecified atom stereocenters. The minimum Gasteiger partial charge on any atom is -0.508 e. The molecule has 0 spiro atoms. The molecule has 0 bridgehead atoms. The fraction of sp³-hybridized carbons (Fsp3) is 0.0667. The minimum atomic E-state index is -0.618. The molecule has 0 fully saturated rings. The van der Waals surface area contributed by atoms with Crippen molar-refractivity contribution in [3.8, 4) is 5.75 Å². The number of anilines is 1. The summed E-state index contributed by atoms with van der Waals surface area (Å²) in [5.74, 6) is -0.972. The second kappa shape index (κ2) is 7.07. The highest BCUT2D eigenvalue weighted by Crippen LogP contribution is 2.13. The van der Waals surface area contributed by atoms with Gasteiger partial charge in [-0.25, -0.2) is 4.79 Å². The van der Waals surface area contributed by atoms with Crippen LogP contribution in [-0.2, 0) is 9.53 Å². The van der Waals surface area contributed by atoms with E-state index in [0.29, 0.717) is 5.69 Å². The summed E-state index contributed by atoms with van der Waals surface area (Å²) in [4.78, 5) is 23.4. The molecule has 21 heavy (non-hydrogen) atoms. The van der Waals surface area contributed by atoms with E-state index >= 15 is 0 Å². The normalized spacial score (nSPS) is 9.95. The number of halogens is 1. The quantitative estimate of drug-likeness (QED) is 0.615. The molecular formula is C15H12INO4. The van der Waals surface area contributed by atoms with Crippen LogP contribution in [0.2, 0.25) is 0 Å². The van der Waals surface area contributed by atoms with Gasteiger partial charge in [0.05, 0.1) is 5.56 Å². The van der Waals surface area contributed by atoms with Crippen molar-refractivity contribution >= 4 is 40.2 Å². The van der Waals surface area contributed by atoms with Crippen LogP contribution in [0.4, 0.5) is 5.69 Å². The van der Waals surface area contributed by atoms with Gasteiger partial charge in [-0.05, 0) is 65.1 Å². The second-order valence-corrected chi connectivity index (χ2v) is 5.43. The van der Waals surface area contributed by atoms with Crippen molar-refractivity contribution in [2.24, 2.45) is 0 Å². The van der Waals surface area contributed by atoms with E-state index in [1.165, 1.54) is 24.3 Å². The average Bonchev–Trinajstić information content (AvgIpc) is 2.45. The first-order valence-electron chi connectivity index (χ1n) is 6.06. The van der Waals surface area contributed by atoms with Gasteiger partial charge < -0.3 is 15.2 Å². The molecule has 0 aliphatic rings. The molecular weight excluding hydrogens is 385 g/mol. The van der Waals surface area contributed by atoms with Crippen molar-refractivity contribution in [1.29, 1.82) is 0 Å². The molecule has 2 aromatic rings. The molecule has 0 saturated heterocycles. The van der Waals surface area contributed by atoms with Crippen molar-refractivity contribution in [3.05, 3.63) is 57.7 Å². The van der Waals surface area contributed by atoms with Crippen molar-refractivity contribution in [2.45, 2.75) is 0 Å². The van der Waals surface area contributed by atoms with Gasteiger partial charge in [0.1, 0.15) is 5.75 Å². The highest BCUT2D eigenvalue weighted by molar-refractivity contribution is 14.1. The Morgan fingerprint density at radius 2 is 1.86 bits per heavy atom. The highest BCUT2D eigenvalue weighted by atomic mass is 127. The van der Waals surface area contributed by atoms with Crippen molar-refractivity contribution in [1.82, 2.24) is 0 Å². The molecule has 0 aliphatic heterocycles. The van der Waals surface area contributed by atoms with Gasteiger partial charge in [0.25, 0.3) is 5.91 Å². The van der Waals surface area contributed by atoms with Crippen LogP contribution in [0.15, 0.2) is 48.5 Å². The Morgan fingerprint density at radius 3 is 2.52 bits per heavy atom. The number of benzene rings is 2. The SMILES string of the molecule is O=C(COC(=O)c1ccc(O)cc1)Nc1cccc(I)c1. The maximum atomic E-state index is 11.7. The zero-order chi connectivity index (χ0) is 15.2. The summed E-state index contributed by atoms with van der Waals surface area (Å²) < 4.78 is 5.89. The molecule has 0 heterocycles. The number of nitrogens with one attached hydrogen (secondary N) is 1. The molecule has 1 amide bonds. The van der Waals surface area contributed by atoms with E-state index in [2.05, 4.69) is 27.9 Å². The molecule has 0 aliphatic carbocycles. The summed E-state index contributed by atoms with van der Waals surface area (Å²) in [6.07, 6.45) is 0. The number of hydrogen-bond acceptors (Lipinski definition) is 4. The van der Waals surface area contributed by atoms with Crippen LogP contribution in [-0.4, -0.2) is 23.6 Å². The van der Waals surface area contributed by atoms with E-state index in [9.17, 15) is 9.59 Å². The van der Waals surface area contributed by atoms with Gasteiger partial charge >= 0.3 is 5.97 Å². The number of carbonyl (C=O) groups excluding carboxylic acids is 2. The molecule has 5 nitrogen and oxygen atoms in total. The van der Waals surface area contributed by atoms with Crippen LogP contribution in [0, 0.1) is 3.57 Å². The second-order valence-electron chi connectivity index (χ2n) is 4.18. The van der Waals surface area contributed by atoms with Crippen LogP contribution in [0.1, 0.15) is 10.4 Å². The standard InChI is InChI=1S/C15H12INO4/c16-11-2-1-3-12(8-11)17-14(19)9-21-15(20)10-4-6-13(18)7-5-10/h1-8,18H,9H2,(H,17,19). The van der Waals surface area contributed by atoms with Crippen LogP contribution in [0.3, 0.4) is 0 Å². The average molecular weight is 397 g/mol. The molecule has 0 aromatic heterocycles. The number of hydrogen-bond donors (Lipinski definition) is 2. The Labute approximate surface area is 135 Å². The first-order chi connectivity index (χ1) is 10.0. The molecule has 108 valence electrons. The fourth-order valence-electron chi connectivity index (χ4n) is 1.58. The Hall–Kier alpha value is -2.09. The molecule has 0 atom stereocenters. The first kappa shape index (κ1) is 15.3. The van der Waals surface area contributed by atoms with Gasteiger partial charge in [0.15, 0.2) is 6.61 Å². The van der Waals surface area contributed by atoms with Gasteiger partial charge in [0.2, 0.25) is 0 Å². The maximum absolute atomic E-state index is 11.7. The highest BCUT2D eigenvalue weighted by Gasteiger charge is 2.10. The van der Waals surface area contributed by atoms with Crippen LogP contribution in [0.5, 0.6) is 5.75 Å². The Balaban J connectivity index is 1.86. The summed E-state index contributed by atoms with van der Waals surface area (Å²) in [5, 5.41) is 11.8. The topological polar surface area (TPSA) is 75.6 Å². The molecule has 0 saturated carbocycles. The van der Waals surface area contributed by atoms with E-state index in [0.717, 1.165) is 3.57 Å². The number of carbonyl (C=O) groups is 2. The molecule has 0 radical (unpaired) electrons. The van der Waals surface area contributed by atoms with Crippen molar-refractivity contribution in [3.63, 3.8) is 0 Å². The van der Waals surface area contributed by atoms with Gasteiger partial charge in [-0.2, -0.15) is 0 Å². The zero-order valence-electron chi connectivity index (χ0n) is 10.9. The fourth-order valence-corrected chi connectivity index (χ4v) is 2.12. The van der Waals surface area contributed by atoms with E-state index in [1.54, 1.807) is 12.1 Å². The third kappa shape index (κ3) is 4.75. The predicted molar refractivity (Wildman–Crippen MR) is 86.2 cm³/mol.